The molecule has 2 atom stereocenters. The molecular weight excluding hydrogens is 156 g/mol. The fraction of sp³-hybridized carbons (Fsp3) is 0.778. The van der Waals surface area contributed by atoms with Crippen LogP contribution in [0.2, 0.25) is 0 Å². The fourth-order valence-electron chi connectivity index (χ4n) is 1.90. The highest BCUT2D eigenvalue weighted by molar-refractivity contribution is 5.80. The molecule has 0 aliphatic heterocycles. The summed E-state index contributed by atoms with van der Waals surface area (Å²) in [5.41, 5.74) is -0.246. The lowest BCUT2D eigenvalue weighted by molar-refractivity contribution is -0.309. The van der Waals surface area contributed by atoms with E-state index in [0.717, 1.165) is 0 Å². The van der Waals surface area contributed by atoms with Crippen molar-refractivity contribution in [3.05, 3.63) is 0 Å². The van der Waals surface area contributed by atoms with Gasteiger partial charge in [-0.3, -0.25) is 0 Å². The molecule has 3 nitrogen and oxygen atoms in total. The van der Waals surface area contributed by atoms with Crippen molar-refractivity contribution in [1.82, 2.24) is 0 Å². The number of aliphatic carboxylic acids is 1. The van der Waals surface area contributed by atoms with Gasteiger partial charge in [0.25, 0.3) is 0 Å². The van der Waals surface area contributed by atoms with Crippen molar-refractivity contribution >= 4 is 11.8 Å². The fourth-order valence-corrected chi connectivity index (χ4v) is 1.90. The molecule has 1 rings (SSSR count). The highest BCUT2D eigenvalue weighted by Gasteiger charge is 2.58. The van der Waals surface area contributed by atoms with Crippen molar-refractivity contribution < 1.29 is 14.7 Å². The molecule has 0 aromatic carbocycles. The van der Waals surface area contributed by atoms with Crippen molar-refractivity contribution in [2.24, 2.45) is 17.3 Å². The van der Waals surface area contributed by atoms with Gasteiger partial charge in [0, 0.05) is 18.3 Å². The maximum atomic E-state index is 10.7. The molecule has 1 aliphatic rings. The van der Waals surface area contributed by atoms with Gasteiger partial charge in [-0.1, -0.05) is 13.8 Å². The molecule has 0 heterocycles. The van der Waals surface area contributed by atoms with Crippen molar-refractivity contribution in [1.29, 1.82) is 0 Å². The van der Waals surface area contributed by atoms with Crippen LogP contribution in [0.1, 0.15) is 27.2 Å². The van der Waals surface area contributed by atoms with Crippen LogP contribution >= 0.6 is 0 Å². The second-order valence-electron chi connectivity index (χ2n) is 4.13. The minimum Gasteiger partial charge on any atom is -0.550 e. The van der Waals surface area contributed by atoms with Gasteiger partial charge in [-0.2, -0.15) is 0 Å². The maximum Gasteiger partial charge on any atom is 0.130 e. The van der Waals surface area contributed by atoms with Gasteiger partial charge in [0.2, 0.25) is 0 Å². The monoisotopic (exact) mass is 169 g/mol. The summed E-state index contributed by atoms with van der Waals surface area (Å²) in [6.07, 6.45) is 0.367. The van der Waals surface area contributed by atoms with Gasteiger partial charge in [0.05, 0.1) is 0 Å². The second kappa shape index (κ2) is 2.57. The van der Waals surface area contributed by atoms with Gasteiger partial charge in [0.1, 0.15) is 5.78 Å². The van der Waals surface area contributed by atoms with E-state index in [0.29, 0.717) is 6.42 Å². The minimum atomic E-state index is -1.02. The minimum absolute atomic E-state index is 0.0139. The van der Waals surface area contributed by atoms with Crippen LogP contribution in [0, 0.1) is 17.3 Å². The summed E-state index contributed by atoms with van der Waals surface area (Å²) in [4.78, 5) is 21.3. The van der Waals surface area contributed by atoms with Gasteiger partial charge in [-0.15, -0.1) is 0 Å². The molecule has 68 valence electrons. The lowest BCUT2D eigenvalue weighted by Gasteiger charge is -2.01. The summed E-state index contributed by atoms with van der Waals surface area (Å²) in [7, 11) is 0. The van der Waals surface area contributed by atoms with Crippen LogP contribution in [-0.4, -0.2) is 11.8 Å². The zero-order valence-electron chi connectivity index (χ0n) is 7.59. The van der Waals surface area contributed by atoms with Crippen LogP contribution in [0.3, 0.4) is 0 Å². The molecule has 0 bridgehead atoms. The summed E-state index contributed by atoms with van der Waals surface area (Å²) in [5.74, 6) is -1.41. The number of hydrogen-bond acceptors (Lipinski definition) is 3. The normalized spacial score (nSPS) is 31.2. The number of carbonyl (C=O) groups is 2. The van der Waals surface area contributed by atoms with E-state index >= 15 is 0 Å². The Balaban J connectivity index is 2.60. The van der Waals surface area contributed by atoms with E-state index in [9.17, 15) is 14.7 Å². The van der Waals surface area contributed by atoms with Gasteiger partial charge in [-0.25, -0.2) is 0 Å². The molecule has 0 aromatic heterocycles. The Morgan fingerprint density at radius 2 is 1.92 bits per heavy atom. The zero-order chi connectivity index (χ0) is 9.52. The number of ketones is 1. The molecule has 0 aromatic rings. The summed E-state index contributed by atoms with van der Waals surface area (Å²) >= 11 is 0. The number of carboxylic acids is 1. The Morgan fingerprint density at radius 1 is 1.42 bits per heavy atom. The molecule has 0 amide bonds. The Bertz CT molecular complexity index is 230. The van der Waals surface area contributed by atoms with Gasteiger partial charge in [-0.05, 0) is 18.3 Å². The van der Waals surface area contributed by atoms with Crippen LogP contribution in [0.5, 0.6) is 0 Å². The van der Waals surface area contributed by atoms with Crippen LogP contribution in [0.15, 0.2) is 0 Å². The zero-order valence-corrected chi connectivity index (χ0v) is 7.59. The molecule has 0 N–H and O–H groups in total. The highest BCUT2D eigenvalue weighted by atomic mass is 16.4. The van der Waals surface area contributed by atoms with Crippen LogP contribution in [0.25, 0.3) is 0 Å². The number of rotatable bonds is 3. The lowest BCUT2D eigenvalue weighted by atomic mass is 10.1. The third-order valence-electron chi connectivity index (χ3n) is 2.81. The van der Waals surface area contributed by atoms with Gasteiger partial charge < -0.3 is 14.7 Å². The van der Waals surface area contributed by atoms with E-state index in [1.165, 1.54) is 6.92 Å². The van der Waals surface area contributed by atoms with Crippen molar-refractivity contribution in [2.75, 3.05) is 0 Å². The SMILES string of the molecule is CC(=O)CC1C(C(=O)[O-])C1(C)C. The number of carbonyl (C=O) groups excluding carboxylic acids is 2. The summed E-state index contributed by atoms with van der Waals surface area (Å²) in [5, 5.41) is 10.5. The Morgan fingerprint density at radius 3 is 2.17 bits per heavy atom. The number of carboxylic acid groups (broad SMARTS) is 1. The first-order valence-corrected chi connectivity index (χ1v) is 4.07. The molecule has 1 fully saturated rings. The van der Waals surface area contributed by atoms with Crippen LogP contribution in [0.4, 0.5) is 0 Å². The third kappa shape index (κ3) is 1.36. The summed E-state index contributed by atoms with van der Waals surface area (Å²) in [6, 6.07) is 0. The summed E-state index contributed by atoms with van der Waals surface area (Å²) < 4.78 is 0. The molecule has 12 heavy (non-hydrogen) atoms. The molecule has 1 aliphatic carbocycles. The molecular formula is C9H13O3-. The molecule has 0 radical (unpaired) electrons. The number of hydrogen-bond donors (Lipinski definition) is 0. The Kier molecular flexibility index (Phi) is 1.98. The lowest BCUT2D eigenvalue weighted by Crippen LogP contribution is -2.26. The van der Waals surface area contributed by atoms with E-state index in [1.807, 2.05) is 13.8 Å². The molecule has 3 heteroatoms. The largest absolute Gasteiger partial charge is 0.550 e. The van der Waals surface area contributed by atoms with E-state index < -0.39 is 11.9 Å². The first-order chi connectivity index (χ1) is 5.37. The molecule has 0 saturated heterocycles. The Hall–Kier alpha value is -0.860. The molecule has 2 unspecified atom stereocenters. The first-order valence-electron chi connectivity index (χ1n) is 4.07. The van der Waals surface area contributed by atoms with Crippen LogP contribution < -0.4 is 5.11 Å². The first kappa shape index (κ1) is 9.23. The van der Waals surface area contributed by atoms with Gasteiger partial charge >= 0.3 is 0 Å². The highest BCUT2D eigenvalue weighted by Crippen LogP contribution is 2.59. The Labute approximate surface area is 71.8 Å². The quantitative estimate of drug-likeness (QED) is 0.597. The molecule has 0 spiro atoms. The van der Waals surface area contributed by atoms with E-state index in [4.69, 9.17) is 0 Å². The van der Waals surface area contributed by atoms with E-state index in [1.54, 1.807) is 0 Å². The van der Waals surface area contributed by atoms with Crippen molar-refractivity contribution in [2.45, 2.75) is 27.2 Å². The van der Waals surface area contributed by atoms with E-state index in [-0.39, 0.29) is 17.1 Å². The van der Waals surface area contributed by atoms with Crippen LogP contribution in [-0.2, 0) is 9.59 Å². The average Bonchev–Trinajstić information content (AvgIpc) is 2.32. The third-order valence-corrected chi connectivity index (χ3v) is 2.81. The summed E-state index contributed by atoms with van der Waals surface area (Å²) in [6.45, 7) is 5.21. The van der Waals surface area contributed by atoms with Crippen molar-refractivity contribution in [3.8, 4) is 0 Å². The number of Topliss-reactive ketones (excluding diaryl/α,β-unsaturated/α-hetero) is 1. The second-order valence-corrected chi connectivity index (χ2v) is 4.13. The predicted molar refractivity (Wildman–Crippen MR) is 41.1 cm³/mol. The predicted octanol–water partition coefficient (Wildman–Crippen LogP) is -0.0124. The van der Waals surface area contributed by atoms with Crippen molar-refractivity contribution in [3.63, 3.8) is 0 Å². The smallest absolute Gasteiger partial charge is 0.130 e. The van der Waals surface area contributed by atoms with E-state index in [2.05, 4.69) is 0 Å². The molecule has 1 saturated carbocycles. The van der Waals surface area contributed by atoms with Gasteiger partial charge in [0.15, 0.2) is 0 Å². The average molecular weight is 169 g/mol. The topological polar surface area (TPSA) is 57.2 Å². The maximum absolute atomic E-state index is 10.7. The standard InChI is InChI=1S/C9H14O3/c1-5(10)4-6-7(8(11)12)9(6,2)3/h6-7H,4H2,1-3H3,(H,11,12)/p-1.